The zero-order chi connectivity index (χ0) is 13.0. The Labute approximate surface area is 105 Å². The third-order valence-electron chi connectivity index (χ3n) is 2.55. The van der Waals surface area contributed by atoms with Gasteiger partial charge in [0.05, 0.1) is 7.11 Å². The van der Waals surface area contributed by atoms with Crippen LogP contribution in [0.4, 0.5) is 17.5 Å². The molecule has 6 heteroatoms. The van der Waals surface area contributed by atoms with Crippen LogP contribution in [0.3, 0.4) is 0 Å². The number of nitrogens with two attached hydrogens (primary N) is 1. The minimum atomic E-state index is 0.377. The maximum absolute atomic E-state index is 5.29. The standard InChI is InChI=1S/C12H15N5O/c1-17(9-4-3-5-10(8-9)18-2)11-6-7-14-12(15-11)16-13/h3-8H,13H2,1-2H3,(H,14,15,16). The second-order valence-electron chi connectivity index (χ2n) is 3.64. The molecule has 6 nitrogen and oxygen atoms in total. The summed E-state index contributed by atoms with van der Waals surface area (Å²) in [5, 5.41) is 0. The minimum Gasteiger partial charge on any atom is -0.497 e. The van der Waals surface area contributed by atoms with Crippen LogP contribution in [0.2, 0.25) is 0 Å². The van der Waals surface area contributed by atoms with E-state index in [-0.39, 0.29) is 0 Å². The van der Waals surface area contributed by atoms with Crippen molar-refractivity contribution in [3.63, 3.8) is 0 Å². The SMILES string of the molecule is COc1cccc(N(C)c2ccnc(NN)n2)c1. The molecule has 0 saturated carbocycles. The van der Waals surface area contributed by atoms with Gasteiger partial charge in [0.1, 0.15) is 11.6 Å². The molecule has 1 aromatic heterocycles. The molecule has 0 aliphatic carbocycles. The molecule has 0 spiro atoms. The van der Waals surface area contributed by atoms with E-state index in [9.17, 15) is 0 Å². The van der Waals surface area contributed by atoms with Crippen molar-refractivity contribution in [2.45, 2.75) is 0 Å². The first-order valence-electron chi connectivity index (χ1n) is 5.42. The van der Waals surface area contributed by atoms with Gasteiger partial charge in [0.25, 0.3) is 0 Å². The van der Waals surface area contributed by atoms with Crippen molar-refractivity contribution < 1.29 is 4.74 Å². The second-order valence-corrected chi connectivity index (χ2v) is 3.64. The van der Waals surface area contributed by atoms with Crippen LogP contribution >= 0.6 is 0 Å². The lowest BCUT2D eigenvalue weighted by Crippen LogP contribution is -2.15. The van der Waals surface area contributed by atoms with E-state index in [4.69, 9.17) is 10.6 Å². The number of hydrogen-bond donors (Lipinski definition) is 2. The summed E-state index contributed by atoms with van der Waals surface area (Å²) < 4.78 is 5.19. The van der Waals surface area contributed by atoms with Gasteiger partial charge in [0.2, 0.25) is 5.95 Å². The van der Waals surface area contributed by atoms with Gasteiger partial charge in [-0.25, -0.2) is 10.8 Å². The van der Waals surface area contributed by atoms with Crippen LogP contribution in [0.1, 0.15) is 0 Å². The summed E-state index contributed by atoms with van der Waals surface area (Å²) in [7, 11) is 3.55. The number of hydrazine groups is 1. The predicted octanol–water partition coefficient (Wildman–Crippen LogP) is 1.54. The van der Waals surface area contributed by atoms with Crippen LogP contribution in [-0.2, 0) is 0 Å². The normalized spacial score (nSPS) is 9.94. The van der Waals surface area contributed by atoms with Crippen LogP contribution in [0.15, 0.2) is 36.5 Å². The molecule has 2 aromatic rings. The summed E-state index contributed by atoms with van der Waals surface area (Å²) in [6, 6.07) is 9.52. The predicted molar refractivity (Wildman–Crippen MR) is 70.9 cm³/mol. The molecule has 1 aromatic carbocycles. The Bertz CT molecular complexity index is 484. The van der Waals surface area contributed by atoms with Gasteiger partial charge in [-0.3, -0.25) is 5.43 Å². The maximum atomic E-state index is 5.29. The van der Waals surface area contributed by atoms with E-state index in [1.165, 1.54) is 0 Å². The lowest BCUT2D eigenvalue weighted by Gasteiger charge is -2.19. The van der Waals surface area contributed by atoms with Crippen LogP contribution < -0.4 is 20.9 Å². The van der Waals surface area contributed by atoms with Gasteiger partial charge < -0.3 is 9.64 Å². The van der Waals surface area contributed by atoms with Crippen molar-refractivity contribution in [1.29, 1.82) is 0 Å². The first-order chi connectivity index (χ1) is 8.74. The number of ether oxygens (including phenoxy) is 1. The van der Waals surface area contributed by atoms with Crippen molar-refractivity contribution in [3.05, 3.63) is 36.5 Å². The molecular weight excluding hydrogens is 230 g/mol. The third kappa shape index (κ3) is 2.49. The summed E-state index contributed by atoms with van der Waals surface area (Å²) >= 11 is 0. The molecule has 18 heavy (non-hydrogen) atoms. The quantitative estimate of drug-likeness (QED) is 0.628. The highest BCUT2D eigenvalue weighted by Gasteiger charge is 2.07. The van der Waals surface area contributed by atoms with Crippen molar-refractivity contribution in [1.82, 2.24) is 9.97 Å². The lowest BCUT2D eigenvalue weighted by molar-refractivity contribution is 0.415. The fourth-order valence-corrected chi connectivity index (χ4v) is 1.56. The van der Waals surface area contributed by atoms with Crippen molar-refractivity contribution >= 4 is 17.5 Å². The summed E-state index contributed by atoms with van der Waals surface area (Å²) in [4.78, 5) is 10.2. The number of hydrogen-bond acceptors (Lipinski definition) is 6. The summed E-state index contributed by atoms with van der Waals surface area (Å²) in [6.45, 7) is 0. The van der Waals surface area contributed by atoms with Gasteiger partial charge in [-0.05, 0) is 18.2 Å². The topological polar surface area (TPSA) is 76.3 Å². The Hall–Kier alpha value is -2.34. The van der Waals surface area contributed by atoms with E-state index >= 15 is 0 Å². The average Bonchev–Trinajstić information content (AvgIpc) is 2.46. The van der Waals surface area contributed by atoms with Crippen LogP contribution in [0.25, 0.3) is 0 Å². The van der Waals surface area contributed by atoms with Crippen LogP contribution in [0.5, 0.6) is 5.75 Å². The highest BCUT2D eigenvalue weighted by molar-refractivity contribution is 5.61. The molecule has 94 valence electrons. The molecule has 1 heterocycles. The zero-order valence-electron chi connectivity index (χ0n) is 10.3. The molecule has 0 aliphatic heterocycles. The Morgan fingerprint density at radius 1 is 1.33 bits per heavy atom. The first-order valence-corrected chi connectivity index (χ1v) is 5.42. The van der Waals surface area contributed by atoms with E-state index in [1.54, 1.807) is 19.4 Å². The number of nitrogens with one attached hydrogen (secondary N) is 1. The Morgan fingerprint density at radius 2 is 2.17 bits per heavy atom. The van der Waals surface area contributed by atoms with Gasteiger partial charge in [-0.15, -0.1) is 0 Å². The lowest BCUT2D eigenvalue weighted by atomic mass is 10.3. The van der Waals surface area contributed by atoms with Crippen molar-refractivity contribution in [2.75, 3.05) is 24.5 Å². The molecule has 0 bridgehead atoms. The number of rotatable bonds is 4. The van der Waals surface area contributed by atoms with Crippen LogP contribution in [-0.4, -0.2) is 24.1 Å². The van der Waals surface area contributed by atoms with E-state index in [0.717, 1.165) is 17.3 Å². The summed E-state index contributed by atoms with van der Waals surface area (Å²) in [6.07, 6.45) is 1.65. The molecule has 0 radical (unpaired) electrons. The van der Waals surface area contributed by atoms with Gasteiger partial charge >= 0.3 is 0 Å². The van der Waals surface area contributed by atoms with Crippen molar-refractivity contribution in [3.8, 4) is 5.75 Å². The molecule has 0 amide bonds. The number of nitrogens with zero attached hydrogens (tertiary/aromatic N) is 3. The number of nitrogen functional groups attached to an aromatic ring is 1. The summed E-state index contributed by atoms with van der Waals surface area (Å²) in [5.41, 5.74) is 3.39. The highest BCUT2D eigenvalue weighted by Crippen LogP contribution is 2.25. The van der Waals surface area contributed by atoms with Gasteiger partial charge in [0, 0.05) is 25.0 Å². The zero-order valence-corrected chi connectivity index (χ0v) is 10.3. The van der Waals surface area contributed by atoms with Crippen LogP contribution in [0, 0.1) is 0 Å². The number of methoxy groups -OCH3 is 1. The van der Waals surface area contributed by atoms with Gasteiger partial charge in [-0.2, -0.15) is 4.98 Å². The molecule has 0 saturated heterocycles. The second kappa shape index (κ2) is 5.33. The highest BCUT2D eigenvalue weighted by atomic mass is 16.5. The largest absolute Gasteiger partial charge is 0.497 e. The Morgan fingerprint density at radius 3 is 2.89 bits per heavy atom. The Balaban J connectivity index is 2.31. The Kier molecular flexibility index (Phi) is 3.59. The molecule has 2 rings (SSSR count). The molecule has 0 unspecified atom stereocenters. The third-order valence-corrected chi connectivity index (χ3v) is 2.55. The minimum absolute atomic E-state index is 0.377. The number of aromatic nitrogens is 2. The maximum Gasteiger partial charge on any atom is 0.239 e. The molecular formula is C12H15N5O. The van der Waals surface area contributed by atoms with Gasteiger partial charge in [-0.1, -0.05) is 6.07 Å². The average molecular weight is 245 g/mol. The van der Waals surface area contributed by atoms with E-state index in [1.807, 2.05) is 36.2 Å². The van der Waals surface area contributed by atoms with E-state index < -0.39 is 0 Å². The smallest absolute Gasteiger partial charge is 0.239 e. The van der Waals surface area contributed by atoms with Gasteiger partial charge in [0.15, 0.2) is 0 Å². The molecule has 0 atom stereocenters. The van der Waals surface area contributed by atoms with E-state index in [0.29, 0.717) is 5.95 Å². The molecule has 0 fully saturated rings. The molecule has 3 N–H and O–H groups in total. The first kappa shape index (κ1) is 12.1. The monoisotopic (exact) mass is 245 g/mol. The van der Waals surface area contributed by atoms with E-state index in [2.05, 4.69) is 15.4 Å². The number of anilines is 3. The summed E-state index contributed by atoms with van der Waals surface area (Å²) in [5.74, 6) is 7.21. The van der Waals surface area contributed by atoms with Crippen molar-refractivity contribution in [2.24, 2.45) is 5.84 Å². The fourth-order valence-electron chi connectivity index (χ4n) is 1.56. The fraction of sp³-hybridized carbons (Fsp3) is 0.167. The molecule has 0 aliphatic rings. The number of benzene rings is 1.